The Kier molecular flexibility index (Phi) is 6.61. The average Bonchev–Trinajstić information content (AvgIpc) is 3.62. The first kappa shape index (κ1) is 23.4. The van der Waals surface area contributed by atoms with Crippen LogP contribution in [0.5, 0.6) is 0 Å². The zero-order chi connectivity index (χ0) is 24.3. The fourth-order valence-electron chi connectivity index (χ4n) is 3.42. The molecule has 0 radical (unpaired) electrons. The van der Waals surface area contributed by atoms with Gasteiger partial charge in [0.05, 0.1) is 17.7 Å². The number of esters is 1. The van der Waals surface area contributed by atoms with Gasteiger partial charge in [-0.2, -0.15) is 5.10 Å². The van der Waals surface area contributed by atoms with Crippen LogP contribution in [0.3, 0.4) is 0 Å². The van der Waals surface area contributed by atoms with Crippen LogP contribution in [0.1, 0.15) is 60.9 Å². The number of nitrogens with zero attached hydrogens (tertiary/aromatic N) is 5. The lowest BCUT2D eigenvalue weighted by Crippen LogP contribution is -2.29. The molecule has 3 aromatic rings. The molecule has 1 atom stereocenters. The first-order valence-corrected chi connectivity index (χ1v) is 11.3. The molecule has 1 aliphatic carbocycles. The lowest BCUT2D eigenvalue weighted by molar-refractivity contribution is -0.117. The topological polar surface area (TPSA) is 110 Å². The van der Waals surface area contributed by atoms with E-state index >= 15 is 0 Å². The summed E-state index contributed by atoms with van der Waals surface area (Å²) >= 11 is 0. The largest absolute Gasteiger partial charge is 0.461 e. The molecule has 0 bridgehead atoms. The monoisotopic (exact) mass is 461 g/mol. The Morgan fingerprint density at radius 2 is 2.21 bits per heavy atom. The predicted molar refractivity (Wildman–Crippen MR) is 125 cm³/mol. The van der Waals surface area contributed by atoms with Crippen molar-refractivity contribution < 1.29 is 19.4 Å². The molecule has 1 aromatic carbocycles. The molecule has 34 heavy (non-hydrogen) atoms. The van der Waals surface area contributed by atoms with Crippen LogP contribution in [0, 0.1) is 11.8 Å². The van der Waals surface area contributed by atoms with Gasteiger partial charge in [0.25, 0.3) is 0 Å². The third-order valence-corrected chi connectivity index (χ3v) is 5.55. The summed E-state index contributed by atoms with van der Waals surface area (Å²) in [6.45, 7) is 3.99. The SMILES string of the molecule is CCOC(=O)c1nn(-c2cccc(C#CC(C)(O)CCN(C)C=O)c2)c2nc(C3CC3)ncc12. The summed E-state index contributed by atoms with van der Waals surface area (Å²) in [5.74, 6) is 6.44. The van der Waals surface area contributed by atoms with E-state index in [0.717, 1.165) is 18.7 Å². The molecule has 1 aliphatic rings. The maximum atomic E-state index is 12.5. The second kappa shape index (κ2) is 9.61. The van der Waals surface area contributed by atoms with Gasteiger partial charge in [-0.1, -0.05) is 17.9 Å². The van der Waals surface area contributed by atoms with Gasteiger partial charge < -0.3 is 14.7 Å². The highest BCUT2D eigenvalue weighted by molar-refractivity contribution is 6.01. The van der Waals surface area contributed by atoms with E-state index in [9.17, 15) is 14.7 Å². The van der Waals surface area contributed by atoms with Crippen LogP contribution in [0.4, 0.5) is 0 Å². The van der Waals surface area contributed by atoms with Crippen molar-refractivity contribution in [3.63, 3.8) is 0 Å². The molecule has 2 heterocycles. The summed E-state index contributed by atoms with van der Waals surface area (Å²) in [6.07, 6.45) is 4.78. The number of amides is 1. The molecular formula is C25H27N5O4. The minimum Gasteiger partial charge on any atom is -0.461 e. The summed E-state index contributed by atoms with van der Waals surface area (Å²) in [7, 11) is 1.65. The molecule has 0 aliphatic heterocycles. The Morgan fingerprint density at radius 3 is 2.91 bits per heavy atom. The van der Waals surface area contributed by atoms with E-state index in [2.05, 4.69) is 21.9 Å². The van der Waals surface area contributed by atoms with E-state index in [4.69, 9.17) is 9.72 Å². The molecule has 4 rings (SSSR count). The van der Waals surface area contributed by atoms with Gasteiger partial charge in [-0.25, -0.2) is 19.4 Å². The predicted octanol–water partition coefficient (Wildman–Crippen LogP) is 2.45. The number of aromatic nitrogens is 4. The molecule has 2 aromatic heterocycles. The molecule has 1 saturated carbocycles. The number of aliphatic hydroxyl groups is 1. The highest BCUT2D eigenvalue weighted by atomic mass is 16.5. The van der Waals surface area contributed by atoms with E-state index < -0.39 is 11.6 Å². The quantitative estimate of drug-likeness (QED) is 0.312. The number of ether oxygens (including phenoxy) is 1. The van der Waals surface area contributed by atoms with Crippen molar-refractivity contribution in [2.45, 2.75) is 44.6 Å². The standard InChI is InChI=1S/C25H27N5O4/c1-4-34-24(32)21-20-15-26-22(18-8-9-18)27-23(20)30(28-21)19-7-5-6-17(14-19)10-11-25(2,33)12-13-29(3)16-31/h5-7,14-16,18,33H,4,8-9,12-13H2,1-3H3. The molecule has 1 unspecified atom stereocenters. The second-order valence-corrected chi connectivity index (χ2v) is 8.63. The van der Waals surface area contributed by atoms with Crippen LogP contribution in [0.2, 0.25) is 0 Å². The highest BCUT2D eigenvalue weighted by Gasteiger charge is 2.29. The summed E-state index contributed by atoms with van der Waals surface area (Å²) in [6, 6.07) is 7.32. The molecule has 1 fully saturated rings. The lowest BCUT2D eigenvalue weighted by atomic mass is 10.0. The smallest absolute Gasteiger partial charge is 0.359 e. The van der Waals surface area contributed by atoms with Crippen LogP contribution in [0.15, 0.2) is 30.5 Å². The van der Waals surface area contributed by atoms with Crippen LogP contribution in [0.25, 0.3) is 16.7 Å². The van der Waals surface area contributed by atoms with Crippen molar-refractivity contribution in [1.82, 2.24) is 24.6 Å². The molecule has 176 valence electrons. The Balaban J connectivity index is 1.70. The summed E-state index contributed by atoms with van der Waals surface area (Å²) in [5.41, 5.74) is 0.786. The van der Waals surface area contributed by atoms with Crippen molar-refractivity contribution in [2.24, 2.45) is 0 Å². The third-order valence-electron chi connectivity index (χ3n) is 5.55. The van der Waals surface area contributed by atoms with Crippen LogP contribution in [-0.2, 0) is 9.53 Å². The molecule has 9 nitrogen and oxygen atoms in total. The van der Waals surface area contributed by atoms with Gasteiger partial charge in [0, 0.05) is 37.7 Å². The fraction of sp³-hybridized carbons (Fsp3) is 0.400. The molecule has 0 spiro atoms. The van der Waals surface area contributed by atoms with Crippen molar-refractivity contribution >= 4 is 23.4 Å². The molecule has 0 saturated heterocycles. The summed E-state index contributed by atoms with van der Waals surface area (Å²) in [4.78, 5) is 33.9. The average molecular weight is 462 g/mol. The summed E-state index contributed by atoms with van der Waals surface area (Å²) in [5, 5.41) is 15.6. The van der Waals surface area contributed by atoms with Gasteiger partial charge in [0.15, 0.2) is 11.3 Å². The van der Waals surface area contributed by atoms with E-state index in [1.807, 2.05) is 24.3 Å². The minimum absolute atomic E-state index is 0.165. The van der Waals surface area contributed by atoms with Crippen molar-refractivity contribution in [1.29, 1.82) is 0 Å². The van der Waals surface area contributed by atoms with Crippen LogP contribution in [-0.4, -0.2) is 67.9 Å². The van der Waals surface area contributed by atoms with Crippen LogP contribution >= 0.6 is 0 Å². The highest BCUT2D eigenvalue weighted by Crippen LogP contribution is 2.38. The molecular weight excluding hydrogens is 434 g/mol. The maximum absolute atomic E-state index is 12.5. The normalized spacial score (nSPS) is 14.7. The van der Waals surface area contributed by atoms with Gasteiger partial charge in [-0.15, -0.1) is 0 Å². The third kappa shape index (κ3) is 5.24. The maximum Gasteiger partial charge on any atom is 0.359 e. The van der Waals surface area contributed by atoms with Gasteiger partial charge in [-0.3, -0.25) is 4.79 Å². The van der Waals surface area contributed by atoms with E-state index in [-0.39, 0.29) is 12.3 Å². The van der Waals surface area contributed by atoms with E-state index in [1.54, 1.807) is 31.8 Å². The van der Waals surface area contributed by atoms with Gasteiger partial charge >= 0.3 is 5.97 Å². The number of carbonyl (C=O) groups is 2. The van der Waals surface area contributed by atoms with Gasteiger partial charge in [0.1, 0.15) is 11.4 Å². The Labute approximate surface area is 197 Å². The minimum atomic E-state index is -1.25. The zero-order valence-corrected chi connectivity index (χ0v) is 19.5. The Hall–Kier alpha value is -3.77. The fourth-order valence-corrected chi connectivity index (χ4v) is 3.42. The van der Waals surface area contributed by atoms with Crippen molar-refractivity contribution in [2.75, 3.05) is 20.2 Å². The second-order valence-electron chi connectivity index (χ2n) is 8.63. The van der Waals surface area contributed by atoms with E-state index in [0.29, 0.717) is 47.6 Å². The van der Waals surface area contributed by atoms with Crippen molar-refractivity contribution in [3.05, 3.63) is 47.5 Å². The number of rotatable bonds is 8. The lowest BCUT2D eigenvalue weighted by Gasteiger charge is -2.19. The molecule has 1 N–H and O–H groups in total. The number of hydrogen-bond donors (Lipinski definition) is 1. The number of carbonyl (C=O) groups excluding carboxylic acids is 2. The first-order chi connectivity index (χ1) is 16.3. The number of fused-ring (bicyclic) bond motifs is 1. The van der Waals surface area contributed by atoms with Crippen LogP contribution < -0.4 is 0 Å². The molecule has 9 heteroatoms. The van der Waals surface area contributed by atoms with E-state index in [1.165, 1.54) is 4.90 Å². The van der Waals surface area contributed by atoms with Gasteiger partial charge in [-0.05, 0) is 44.9 Å². The number of benzene rings is 1. The summed E-state index contributed by atoms with van der Waals surface area (Å²) < 4.78 is 6.79. The van der Waals surface area contributed by atoms with Gasteiger partial charge in [0.2, 0.25) is 6.41 Å². The van der Waals surface area contributed by atoms with Crippen molar-refractivity contribution in [3.8, 4) is 17.5 Å². The zero-order valence-electron chi connectivity index (χ0n) is 19.5. The Bertz CT molecular complexity index is 1280. The Morgan fingerprint density at radius 1 is 1.41 bits per heavy atom. The first-order valence-electron chi connectivity index (χ1n) is 11.3. The molecule has 1 amide bonds. The number of hydrogen-bond acceptors (Lipinski definition) is 7.